The maximum Gasteiger partial charge on any atom is 0.194 e. The predicted octanol–water partition coefficient (Wildman–Crippen LogP) is 7.68. The van der Waals surface area contributed by atoms with Crippen LogP contribution in [-0.4, -0.2) is 0 Å². The van der Waals surface area contributed by atoms with Gasteiger partial charge in [-0.3, -0.25) is 0 Å². The van der Waals surface area contributed by atoms with Gasteiger partial charge in [0.1, 0.15) is 12.4 Å². The Bertz CT molecular complexity index is 1050. The van der Waals surface area contributed by atoms with Crippen molar-refractivity contribution in [1.29, 1.82) is 0 Å². The van der Waals surface area contributed by atoms with Crippen molar-refractivity contribution >= 4 is 0 Å². The Kier molecular flexibility index (Phi) is 6.25. The molecule has 1 aliphatic carbocycles. The number of ether oxygens (including phenoxy) is 1. The SMILES string of the molecule is Fc1cc(OCc2ccc(-c3ccc(C4CCCCC4)c(F)c3F)cc2)cc(F)c1F. The van der Waals surface area contributed by atoms with Crippen LogP contribution in [0.5, 0.6) is 5.75 Å². The van der Waals surface area contributed by atoms with Gasteiger partial charge in [0.25, 0.3) is 0 Å². The Morgan fingerprint density at radius 2 is 1.35 bits per heavy atom. The smallest absolute Gasteiger partial charge is 0.194 e. The fourth-order valence-electron chi connectivity index (χ4n) is 4.08. The lowest BCUT2D eigenvalue weighted by Crippen LogP contribution is -2.08. The van der Waals surface area contributed by atoms with Crippen molar-refractivity contribution in [3.63, 3.8) is 0 Å². The first kappa shape index (κ1) is 21.3. The van der Waals surface area contributed by atoms with Crippen LogP contribution in [0.3, 0.4) is 0 Å². The van der Waals surface area contributed by atoms with Crippen LogP contribution >= 0.6 is 0 Å². The number of hydrogen-bond donors (Lipinski definition) is 0. The molecule has 1 saturated carbocycles. The molecule has 0 radical (unpaired) electrons. The Balaban J connectivity index is 1.48. The quantitative estimate of drug-likeness (QED) is 0.297. The molecule has 0 N–H and O–H groups in total. The minimum absolute atomic E-state index is 0.0255. The summed E-state index contributed by atoms with van der Waals surface area (Å²) < 4.78 is 74.3. The molecule has 0 saturated heterocycles. The molecule has 1 fully saturated rings. The van der Waals surface area contributed by atoms with E-state index in [1.165, 1.54) is 0 Å². The average molecular weight is 432 g/mol. The third kappa shape index (κ3) is 4.58. The second-order valence-corrected chi connectivity index (χ2v) is 7.85. The van der Waals surface area contributed by atoms with Crippen molar-refractivity contribution in [3.8, 4) is 16.9 Å². The van der Waals surface area contributed by atoms with Crippen molar-refractivity contribution in [2.24, 2.45) is 0 Å². The third-order valence-corrected chi connectivity index (χ3v) is 5.78. The lowest BCUT2D eigenvalue weighted by atomic mass is 9.83. The van der Waals surface area contributed by atoms with E-state index in [1.807, 2.05) is 0 Å². The molecule has 3 aromatic rings. The minimum Gasteiger partial charge on any atom is -0.489 e. The molecule has 0 spiro atoms. The molecule has 3 aromatic carbocycles. The number of benzene rings is 3. The van der Waals surface area contributed by atoms with Gasteiger partial charge in [0.05, 0.1) is 0 Å². The molecule has 0 heterocycles. The summed E-state index contributed by atoms with van der Waals surface area (Å²) in [5, 5.41) is 0. The summed E-state index contributed by atoms with van der Waals surface area (Å²) in [6.07, 6.45) is 4.97. The van der Waals surface area contributed by atoms with Crippen LogP contribution in [0, 0.1) is 29.1 Å². The summed E-state index contributed by atoms with van der Waals surface area (Å²) in [7, 11) is 0. The van der Waals surface area contributed by atoms with Gasteiger partial charge < -0.3 is 4.74 Å². The van der Waals surface area contributed by atoms with Crippen molar-refractivity contribution in [1.82, 2.24) is 0 Å². The zero-order valence-electron chi connectivity index (χ0n) is 16.7. The fourth-order valence-corrected chi connectivity index (χ4v) is 4.08. The van der Waals surface area contributed by atoms with E-state index in [9.17, 15) is 22.0 Å². The van der Waals surface area contributed by atoms with E-state index in [4.69, 9.17) is 4.74 Å². The highest BCUT2D eigenvalue weighted by Crippen LogP contribution is 2.37. The first-order valence-electron chi connectivity index (χ1n) is 10.3. The van der Waals surface area contributed by atoms with Crippen molar-refractivity contribution in [3.05, 3.63) is 88.7 Å². The highest BCUT2D eigenvalue weighted by Gasteiger charge is 2.22. The lowest BCUT2D eigenvalue weighted by Gasteiger charge is -2.23. The van der Waals surface area contributed by atoms with Gasteiger partial charge in [-0.15, -0.1) is 0 Å². The molecule has 0 unspecified atom stereocenters. The van der Waals surface area contributed by atoms with Gasteiger partial charge in [0, 0.05) is 17.7 Å². The molecule has 0 bridgehead atoms. The molecule has 1 nitrogen and oxygen atoms in total. The zero-order chi connectivity index (χ0) is 22.0. The Morgan fingerprint density at radius 3 is 2.00 bits per heavy atom. The molecule has 6 heteroatoms. The van der Waals surface area contributed by atoms with Crippen LogP contribution in [0.1, 0.15) is 49.1 Å². The summed E-state index contributed by atoms with van der Waals surface area (Å²) in [5.74, 6) is -5.94. The molecule has 1 aliphatic rings. The van der Waals surface area contributed by atoms with Crippen LogP contribution < -0.4 is 4.74 Å². The third-order valence-electron chi connectivity index (χ3n) is 5.78. The van der Waals surface area contributed by atoms with E-state index in [-0.39, 0.29) is 23.8 Å². The molecule has 162 valence electrons. The molecule has 4 rings (SSSR count). The van der Waals surface area contributed by atoms with Crippen molar-refractivity contribution in [2.45, 2.75) is 44.6 Å². The summed E-state index contributed by atoms with van der Waals surface area (Å²) >= 11 is 0. The van der Waals surface area contributed by atoms with E-state index < -0.39 is 29.1 Å². The second-order valence-electron chi connectivity index (χ2n) is 7.85. The standard InChI is InChI=1S/C25H21F5O/c26-21-12-18(13-22(27)25(21)30)31-14-15-6-8-17(9-7-15)20-11-10-19(23(28)24(20)29)16-4-2-1-3-5-16/h6-13,16H,1-5,14H2. The normalized spacial score (nSPS) is 14.6. The fraction of sp³-hybridized carbons (Fsp3) is 0.280. The summed E-state index contributed by atoms with van der Waals surface area (Å²) in [6.45, 7) is -0.0255. The van der Waals surface area contributed by atoms with E-state index in [1.54, 1.807) is 36.4 Å². The van der Waals surface area contributed by atoms with Crippen LogP contribution in [0.15, 0.2) is 48.5 Å². The van der Waals surface area contributed by atoms with E-state index in [0.717, 1.165) is 44.2 Å². The minimum atomic E-state index is -1.56. The van der Waals surface area contributed by atoms with Gasteiger partial charge in [-0.05, 0) is 35.4 Å². The van der Waals surface area contributed by atoms with E-state index in [0.29, 0.717) is 16.7 Å². The maximum atomic E-state index is 14.8. The van der Waals surface area contributed by atoms with Crippen molar-refractivity contribution in [2.75, 3.05) is 0 Å². The Morgan fingerprint density at radius 1 is 0.710 bits per heavy atom. The first-order chi connectivity index (χ1) is 14.9. The van der Waals surface area contributed by atoms with Gasteiger partial charge in [0.15, 0.2) is 29.1 Å². The number of rotatable bonds is 5. The van der Waals surface area contributed by atoms with Gasteiger partial charge in [-0.2, -0.15) is 0 Å². The lowest BCUT2D eigenvalue weighted by molar-refractivity contribution is 0.299. The van der Waals surface area contributed by atoms with E-state index in [2.05, 4.69) is 0 Å². The molecule has 0 aliphatic heterocycles. The van der Waals surface area contributed by atoms with Gasteiger partial charge in [-0.25, -0.2) is 22.0 Å². The van der Waals surface area contributed by atoms with Crippen LogP contribution in [0.25, 0.3) is 11.1 Å². The molecule has 0 atom stereocenters. The molecule has 0 aromatic heterocycles. The van der Waals surface area contributed by atoms with Crippen LogP contribution in [-0.2, 0) is 6.61 Å². The second kappa shape index (κ2) is 9.08. The van der Waals surface area contributed by atoms with Crippen LogP contribution in [0.2, 0.25) is 0 Å². The molecular weight excluding hydrogens is 411 g/mol. The zero-order valence-corrected chi connectivity index (χ0v) is 16.7. The molecule has 0 amide bonds. The predicted molar refractivity (Wildman–Crippen MR) is 108 cm³/mol. The summed E-state index contributed by atoms with van der Waals surface area (Å²) in [6, 6.07) is 11.4. The summed E-state index contributed by atoms with van der Waals surface area (Å²) in [5.41, 5.74) is 1.78. The largest absolute Gasteiger partial charge is 0.489 e. The Labute approximate surface area is 177 Å². The topological polar surface area (TPSA) is 9.23 Å². The highest BCUT2D eigenvalue weighted by atomic mass is 19.2. The summed E-state index contributed by atoms with van der Waals surface area (Å²) in [4.78, 5) is 0. The number of hydrogen-bond acceptors (Lipinski definition) is 1. The van der Waals surface area contributed by atoms with Crippen molar-refractivity contribution < 1.29 is 26.7 Å². The van der Waals surface area contributed by atoms with Gasteiger partial charge in [0.2, 0.25) is 0 Å². The Hall–Kier alpha value is -2.89. The van der Waals surface area contributed by atoms with E-state index >= 15 is 0 Å². The molecular formula is C25H21F5O. The average Bonchev–Trinajstić information content (AvgIpc) is 2.79. The highest BCUT2D eigenvalue weighted by molar-refractivity contribution is 5.65. The van der Waals surface area contributed by atoms with Gasteiger partial charge in [-0.1, -0.05) is 55.7 Å². The number of halogens is 5. The first-order valence-corrected chi connectivity index (χ1v) is 10.3. The monoisotopic (exact) mass is 432 g/mol. The van der Waals surface area contributed by atoms with Crippen LogP contribution in [0.4, 0.5) is 22.0 Å². The molecule has 31 heavy (non-hydrogen) atoms. The van der Waals surface area contributed by atoms with Gasteiger partial charge >= 0.3 is 0 Å². The maximum absolute atomic E-state index is 14.8.